The van der Waals surface area contributed by atoms with Crippen molar-refractivity contribution < 1.29 is 31.0 Å². The van der Waals surface area contributed by atoms with Crippen LogP contribution in [0.4, 0.5) is 0 Å². The third-order valence-corrected chi connectivity index (χ3v) is 1.72. The molecule has 1 unspecified atom stereocenters. The topological polar surface area (TPSA) is 26.3 Å². The van der Waals surface area contributed by atoms with Gasteiger partial charge in [0.1, 0.15) is 6.54 Å². The highest BCUT2D eigenvalue weighted by Crippen LogP contribution is 2.15. The summed E-state index contributed by atoms with van der Waals surface area (Å²) in [5, 5.41) is 0. The van der Waals surface area contributed by atoms with Crippen molar-refractivity contribution in [3.8, 4) is 0 Å². The number of rotatable bonds is 2. The smallest absolute Gasteiger partial charge is 0.306 e. The van der Waals surface area contributed by atoms with Gasteiger partial charge in [-0.15, -0.1) is 0 Å². The maximum atomic E-state index is 10.7. The summed E-state index contributed by atoms with van der Waals surface area (Å²) in [6, 6.07) is 0. The maximum Gasteiger partial charge on any atom is 0.306 e. The standard InChI is InChI=1S/C8H16NO2.BrH/c1-9(2,3)6-7-4-5-8(10)11-7;/h7H,4-6H2,1-3H3;1H/q+1;/p-1. The van der Waals surface area contributed by atoms with Crippen molar-refractivity contribution in [1.82, 2.24) is 0 Å². The average molecular weight is 238 g/mol. The molecule has 1 aliphatic rings. The molecule has 0 aromatic carbocycles. The zero-order chi connectivity index (χ0) is 8.48. The molecule has 1 fully saturated rings. The molecule has 0 aliphatic carbocycles. The lowest BCUT2D eigenvalue weighted by Crippen LogP contribution is -3.00. The Hall–Kier alpha value is -0.0900. The van der Waals surface area contributed by atoms with Gasteiger partial charge in [-0.25, -0.2) is 0 Å². The molecule has 0 radical (unpaired) electrons. The number of carbonyl (C=O) groups is 1. The van der Waals surface area contributed by atoms with Gasteiger partial charge in [0.05, 0.1) is 21.1 Å². The molecule has 12 heavy (non-hydrogen) atoms. The second-order valence-corrected chi connectivity index (χ2v) is 4.12. The van der Waals surface area contributed by atoms with Gasteiger partial charge in [0.25, 0.3) is 0 Å². The van der Waals surface area contributed by atoms with Crippen LogP contribution >= 0.6 is 0 Å². The highest BCUT2D eigenvalue weighted by Gasteiger charge is 2.27. The number of likely N-dealkylation sites (N-methyl/N-ethyl adjacent to an activating group) is 1. The Labute approximate surface area is 84.0 Å². The van der Waals surface area contributed by atoms with Gasteiger partial charge >= 0.3 is 5.97 Å². The Kier molecular flexibility index (Phi) is 4.20. The van der Waals surface area contributed by atoms with E-state index in [9.17, 15) is 4.79 Å². The van der Waals surface area contributed by atoms with Crippen LogP contribution in [-0.2, 0) is 9.53 Å². The van der Waals surface area contributed by atoms with Crippen molar-refractivity contribution in [2.24, 2.45) is 0 Å². The van der Waals surface area contributed by atoms with E-state index in [4.69, 9.17) is 4.74 Å². The van der Waals surface area contributed by atoms with Crippen LogP contribution in [0.3, 0.4) is 0 Å². The first-order valence-corrected chi connectivity index (χ1v) is 3.97. The lowest BCUT2D eigenvalue weighted by Gasteiger charge is -2.26. The van der Waals surface area contributed by atoms with Crippen LogP contribution in [0.25, 0.3) is 0 Å². The van der Waals surface area contributed by atoms with E-state index in [0.29, 0.717) is 6.42 Å². The Morgan fingerprint density at radius 3 is 2.42 bits per heavy atom. The summed E-state index contributed by atoms with van der Waals surface area (Å²) in [6.45, 7) is 0.922. The minimum absolute atomic E-state index is 0. The van der Waals surface area contributed by atoms with E-state index in [1.165, 1.54) is 0 Å². The van der Waals surface area contributed by atoms with E-state index in [2.05, 4.69) is 21.1 Å². The summed E-state index contributed by atoms with van der Waals surface area (Å²) in [4.78, 5) is 10.7. The largest absolute Gasteiger partial charge is 1.00 e. The minimum Gasteiger partial charge on any atom is -1.00 e. The molecule has 0 N–H and O–H groups in total. The molecular weight excluding hydrogens is 222 g/mol. The molecule has 1 saturated heterocycles. The molecule has 4 heteroatoms. The zero-order valence-electron chi connectivity index (χ0n) is 7.84. The quantitative estimate of drug-likeness (QED) is 0.389. The first-order chi connectivity index (χ1) is 4.97. The first-order valence-electron chi connectivity index (χ1n) is 3.97. The summed E-state index contributed by atoms with van der Waals surface area (Å²) in [5.41, 5.74) is 0. The molecule has 1 heterocycles. The van der Waals surface area contributed by atoms with E-state index in [1.807, 2.05) is 0 Å². The van der Waals surface area contributed by atoms with Gasteiger partial charge < -0.3 is 26.2 Å². The van der Waals surface area contributed by atoms with E-state index < -0.39 is 0 Å². The van der Waals surface area contributed by atoms with Crippen LogP contribution in [0.5, 0.6) is 0 Å². The maximum absolute atomic E-state index is 10.7. The molecule has 72 valence electrons. The normalized spacial score (nSPS) is 23.2. The van der Waals surface area contributed by atoms with Crippen LogP contribution in [0.1, 0.15) is 12.8 Å². The van der Waals surface area contributed by atoms with Crippen LogP contribution < -0.4 is 17.0 Å². The average Bonchev–Trinajstić information content (AvgIpc) is 2.10. The number of cyclic esters (lactones) is 1. The Morgan fingerprint density at radius 2 is 2.08 bits per heavy atom. The van der Waals surface area contributed by atoms with E-state index in [1.54, 1.807) is 0 Å². The SMILES string of the molecule is C[N+](C)(C)CC1CCC(=O)O1.[Br-]. The highest BCUT2D eigenvalue weighted by atomic mass is 79.9. The lowest BCUT2D eigenvalue weighted by atomic mass is 10.2. The predicted molar refractivity (Wildman–Crippen MR) is 42.0 cm³/mol. The Morgan fingerprint density at radius 1 is 1.50 bits per heavy atom. The Balaban J connectivity index is 0.00000121. The number of carbonyl (C=O) groups excluding carboxylic acids is 1. The fourth-order valence-corrected chi connectivity index (χ4v) is 1.32. The molecular formula is C8H16BrNO2. The summed E-state index contributed by atoms with van der Waals surface area (Å²) in [7, 11) is 6.31. The number of quaternary nitrogens is 1. The summed E-state index contributed by atoms with van der Waals surface area (Å²) in [6.07, 6.45) is 1.65. The molecule has 0 saturated carbocycles. The summed E-state index contributed by atoms with van der Waals surface area (Å²) >= 11 is 0. The van der Waals surface area contributed by atoms with Gasteiger partial charge in [0.15, 0.2) is 6.10 Å². The van der Waals surface area contributed by atoms with E-state index in [0.717, 1.165) is 17.4 Å². The van der Waals surface area contributed by atoms with Gasteiger partial charge in [-0.1, -0.05) is 0 Å². The van der Waals surface area contributed by atoms with Crippen LogP contribution in [0.2, 0.25) is 0 Å². The minimum atomic E-state index is -0.0385. The van der Waals surface area contributed by atoms with Crippen molar-refractivity contribution in [1.29, 1.82) is 0 Å². The summed E-state index contributed by atoms with van der Waals surface area (Å²) in [5.74, 6) is -0.0385. The highest BCUT2D eigenvalue weighted by molar-refractivity contribution is 5.71. The predicted octanol–water partition coefficient (Wildman–Crippen LogP) is -2.60. The number of ether oxygens (including phenoxy) is 1. The number of esters is 1. The van der Waals surface area contributed by atoms with Crippen molar-refractivity contribution in [3.05, 3.63) is 0 Å². The van der Waals surface area contributed by atoms with Gasteiger partial charge in [-0.05, 0) is 0 Å². The fourth-order valence-electron chi connectivity index (χ4n) is 1.32. The molecule has 3 nitrogen and oxygen atoms in total. The number of hydrogen-bond acceptors (Lipinski definition) is 2. The molecule has 1 atom stereocenters. The molecule has 0 bridgehead atoms. The molecule has 0 amide bonds. The zero-order valence-corrected chi connectivity index (χ0v) is 9.43. The van der Waals surface area contributed by atoms with E-state index >= 15 is 0 Å². The van der Waals surface area contributed by atoms with Crippen LogP contribution in [-0.4, -0.2) is 44.2 Å². The van der Waals surface area contributed by atoms with Gasteiger partial charge in [0.2, 0.25) is 0 Å². The van der Waals surface area contributed by atoms with Gasteiger partial charge in [-0.3, -0.25) is 4.79 Å². The third kappa shape index (κ3) is 4.07. The van der Waals surface area contributed by atoms with Crippen LogP contribution in [0.15, 0.2) is 0 Å². The summed E-state index contributed by atoms with van der Waals surface area (Å²) < 4.78 is 5.94. The molecule has 0 aromatic rings. The second kappa shape index (κ2) is 4.23. The molecule has 0 spiro atoms. The third-order valence-electron chi connectivity index (χ3n) is 1.72. The molecule has 0 aromatic heterocycles. The van der Waals surface area contributed by atoms with Gasteiger partial charge in [-0.2, -0.15) is 0 Å². The number of nitrogens with zero attached hydrogens (tertiary/aromatic N) is 1. The molecule has 1 rings (SSSR count). The van der Waals surface area contributed by atoms with Crippen molar-refractivity contribution in [2.45, 2.75) is 18.9 Å². The Bertz CT molecular complexity index is 165. The van der Waals surface area contributed by atoms with Crippen molar-refractivity contribution in [2.75, 3.05) is 27.7 Å². The van der Waals surface area contributed by atoms with Crippen molar-refractivity contribution >= 4 is 5.97 Å². The monoisotopic (exact) mass is 237 g/mol. The number of hydrogen-bond donors (Lipinski definition) is 0. The molecule has 1 aliphatic heterocycles. The first kappa shape index (κ1) is 11.9. The lowest BCUT2D eigenvalue weighted by molar-refractivity contribution is -0.873. The van der Waals surface area contributed by atoms with Crippen LogP contribution in [0, 0.1) is 0 Å². The fraction of sp³-hybridized carbons (Fsp3) is 0.875. The number of halogens is 1. The van der Waals surface area contributed by atoms with Gasteiger partial charge in [0, 0.05) is 12.8 Å². The van der Waals surface area contributed by atoms with Crippen molar-refractivity contribution in [3.63, 3.8) is 0 Å². The van der Waals surface area contributed by atoms with E-state index in [-0.39, 0.29) is 29.1 Å². The second-order valence-electron chi connectivity index (χ2n) is 4.12.